The van der Waals surface area contributed by atoms with Gasteiger partial charge in [-0.2, -0.15) is 0 Å². The van der Waals surface area contributed by atoms with Crippen LogP contribution in [0.3, 0.4) is 0 Å². The second-order valence-corrected chi connectivity index (χ2v) is 0.634. The van der Waals surface area contributed by atoms with Crippen LogP contribution in [0.4, 0.5) is 9.59 Å². The summed E-state index contributed by atoms with van der Waals surface area (Å²) in [5, 5.41) is 15.0. The van der Waals surface area contributed by atoms with Crippen molar-refractivity contribution in [3.8, 4) is 0 Å². The van der Waals surface area contributed by atoms with Crippen LogP contribution in [0.2, 0.25) is 0 Å². The molecule has 0 aromatic carbocycles. The van der Waals surface area contributed by atoms with Crippen molar-refractivity contribution in [2.75, 3.05) is 0 Å². The second-order valence-electron chi connectivity index (χ2n) is 0.634. The molecule has 0 saturated carbocycles. The molecule has 8 heavy (non-hydrogen) atoms. The number of carbonyl (C=O) groups is 2. The molecular weight excluding hydrogens is 241 g/mol. The van der Waals surface area contributed by atoms with Gasteiger partial charge in [-0.3, -0.25) is 0 Å². The molecule has 0 heterocycles. The largest absolute Gasteiger partial charge is 2.00 e. The average Bonchev–Trinajstić information content (AvgIpc) is 1.27. The molecule has 44 valence electrons. The molecule has 0 aliphatic carbocycles. The van der Waals surface area contributed by atoms with Gasteiger partial charge in [-0.15, -0.1) is 0 Å². The predicted molar refractivity (Wildman–Crippen MR) is 25.1 cm³/mol. The topological polar surface area (TPSA) is 83.8 Å². The number of hydrogen-bond donors (Lipinski definition) is 2. The molecule has 0 spiro atoms. The maximum Gasteiger partial charge on any atom is 2.00 e. The number of ether oxygens (including phenoxy) is 1. The molecule has 0 aliphatic rings. The van der Waals surface area contributed by atoms with Gasteiger partial charge in [-0.05, 0) is 0 Å². The number of rotatable bonds is 0. The summed E-state index contributed by atoms with van der Waals surface area (Å²) < 4.78 is 3.08. The summed E-state index contributed by atoms with van der Waals surface area (Å²) in [6.45, 7) is 0. The molecule has 0 aromatic rings. The summed E-state index contributed by atoms with van der Waals surface area (Å²) in [5.41, 5.74) is 0. The molecule has 0 atom stereocenters. The normalized spacial score (nSPS) is 6.50. The molecule has 0 aromatic heterocycles. The average molecular weight is 245 g/mol. The fourth-order valence-corrected chi connectivity index (χ4v) is 0.0747. The van der Waals surface area contributed by atoms with Gasteiger partial charge in [0.05, 0.1) is 0 Å². The van der Waals surface area contributed by atoms with Gasteiger partial charge in [-0.25, -0.2) is 9.59 Å². The third kappa shape index (κ3) is 9.58. The predicted octanol–water partition coefficient (Wildman–Crippen LogP) is 0.203. The van der Waals surface area contributed by atoms with E-state index in [4.69, 9.17) is 10.2 Å². The van der Waals surface area contributed by atoms with Crippen LogP contribution >= 0.6 is 0 Å². The SMILES string of the molecule is O=C(O)OC(=O)O.[Ba+2].[H-].[H-]. The number of hydrogen-bond acceptors (Lipinski definition) is 3. The van der Waals surface area contributed by atoms with E-state index in [0.29, 0.717) is 0 Å². The van der Waals surface area contributed by atoms with E-state index in [1.807, 2.05) is 0 Å². The Hall–Kier alpha value is 0.311. The van der Waals surface area contributed by atoms with E-state index in [1.54, 1.807) is 0 Å². The first kappa shape index (κ1) is 11.2. The summed E-state index contributed by atoms with van der Waals surface area (Å²) in [4.78, 5) is 18.4. The Morgan fingerprint density at radius 2 is 1.50 bits per heavy atom. The van der Waals surface area contributed by atoms with Crippen LogP contribution in [0, 0.1) is 0 Å². The molecule has 0 amide bonds. The molecule has 0 bridgehead atoms. The molecule has 0 rings (SSSR count). The minimum Gasteiger partial charge on any atom is -1.00 e. The Balaban J connectivity index is -0.0000000600. The Morgan fingerprint density at radius 3 is 1.50 bits per heavy atom. The van der Waals surface area contributed by atoms with Gasteiger partial charge in [0, 0.05) is 0 Å². The molecule has 0 fully saturated rings. The fraction of sp³-hybridized carbons (Fsp3) is 0. The van der Waals surface area contributed by atoms with Crippen LogP contribution in [-0.2, 0) is 4.74 Å². The summed E-state index contributed by atoms with van der Waals surface area (Å²) in [6, 6.07) is 0. The Labute approximate surface area is 87.7 Å². The van der Waals surface area contributed by atoms with Crippen molar-refractivity contribution in [3.05, 3.63) is 0 Å². The Morgan fingerprint density at radius 1 is 1.25 bits per heavy atom. The smallest absolute Gasteiger partial charge is 1.00 e. The van der Waals surface area contributed by atoms with Crippen molar-refractivity contribution in [2.24, 2.45) is 0 Å². The van der Waals surface area contributed by atoms with E-state index in [2.05, 4.69) is 4.74 Å². The van der Waals surface area contributed by atoms with Gasteiger partial charge in [0.2, 0.25) is 0 Å². The van der Waals surface area contributed by atoms with Crippen molar-refractivity contribution < 1.29 is 27.4 Å². The van der Waals surface area contributed by atoms with Gasteiger partial charge < -0.3 is 17.8 Å². The van der Waals surface area contributed by atoms with Gasteiger partial charge >= 0.3 is 61.2 Å². The first-order valence-corrected chi connectivity index (χ1v) is 1.26. The van der Waals surface area contributed by atoms with Gasteiger partial charge in [-0.1, -0.05) is 0 Å². The summed E-state index contributed by atoms with van der Waals surface area (Å²) >= 11 is 0. The van der Waals surface area contributed by atoms with Crippen molar-refractivity contribution >= 4 is 61.2 Å². The quantitative estimate of drug-likeness (QED) is 0.362. The minimum atomic E-state index is -1.81. The van der Waals surface area contributed by atoms with E-state index in [-0.39, 0.29) is 51.7 Å². The first-order chi connectivity index (χ1) is 3.13. The second kappa shape index (κ2) is 5.45. The Kier molecular flexibility index (Phi) is 7.60. The fourth-order valence-electron chi connectivity index (χ4n) is 0.0747. The third-order valence-corrected chi connectivity index (χ3v) is 0.175. The molecular formula is C2H4BaO5. The molecule has 0 radical (unpaired) electrons. The van der Waals surface area contributed by atoms with Crippen molar-refractivity contribution in [2.45, 2.75) is 0 Å². The van der Waals surface area contributed by atoms with E-state index in [9.17, 15) is 9.59 Å². The molecule has 2 N–H and O–H groups in total. The van der Waals surface area contributed by atoms with Crippen LogP contribution in [-0.4, -0.2) is 71.4 Å². The summed E-state index contributed by atoms with van der Waals surface area (Å²) in [7, 11) is 0. The van der Waals surface area contributed by atoms with Gasteiger partial charge in [0.15, 0.2) is 0 Å². The van der Waals surface area contributed by atoms with Crippen LogP contribution in [0.25, 0.3) is 0 Å². The first-order valence-electron chi connectivity index (χ1n) is 1.26. The monoisotopic (exact) mass is 246 g/mol. The molecule has 0 aliphatic heterocycles. The maximum absolute atomic E-state index is 9.21. The van der Waals surface area contributed by atoms with Gasteiger partial charge in [0.1, 0.15) is 0 Å². The minimum absolute atomic E-state index is 0. The van der Waals surface area contributed by atoms with Gasteiger partial charge in [0.25, 0.3) is 0 Å². The van der Waals surface area contributed by atoms with Crippen LogP contribution in [0.5, 0.6) is 0 Å². The van der Waals surface area contributed by atoms with E-state index >= 15 is 0 Å². The zero-order valence-electron chi connectivity index (χ0n) is 5.83. The summed E-state index contributed by atoms with van der Waals surface area (Å²) in [6.07, 6.45) is -3.62. The van der Waals surface area contributed by atoms with E-state index in [0.717, 1.165) is 0 Å². The zero-order valence-corrected chi connectivity index (χ0v) is 8.27. The number of carboxylic acid groups (broad SMARTS) is 2. The zero-order chi connectivity index (χ0) is 5.86. The van der Waals surface area contributed by atoms with Crippen molar-refractivity contribution in [1.29, 1.82) is 0 Å². The van der Waals surface area contributed by atoms with Crippen LogP contribution in [0.1, 0.15) is 2.85 Å². The maximum atomic E-state index is 9.21. The standard InChI is InChI=1S/C2H2O5.Ba.2H/c3-1(4)7-2(5)6;;;/h(H,3,4)(H,5,6);;;/q;+2;2*-1. The summed E-state index contributed by atoms with van der Waals surface area (Å²) in [5.74, 6) is 0. The third-order valence-electron chi connectivity index (χ3n) is 0.175. The van der Waals surface area contributed by atoms with Crippen molar-refractivity contribution in [3.63, 3.8) is 0 Å². The van der Waals surface area contributed by atoms with E-state index in [1.165, 1.54) is 0 Å². The van der Waals surface area contributed by atoms with Crippen molar-refractivity contribution in [1.82, 2.24) is 0 Å². The van der Waals surface area contributed by atoms with Crippen LogP contribution < -0.4 is 0 Å². The molecule has 5 nitrogen and oxygen atoms in total. The van der Waals surface area contributed by atoms with Crippen LogP contribution in [0.15, 0.2) is 0 Å². The molecule has 0 unspecified atom stereocenters. The van der Waals surface area contributed by atoms with E-state index < -0.39 is 12.3 Å². The Bertz CT molecular complexity index is 93.8. The molecule has 6 heteroatoms. The molecule has 0 saturated heterocycles.